The van der Waals surface area contributed by atoms with Crippen LogP contribution in [0.3, 0.4) is 0 Å². The molecule has 2 amide bonds. The smallest absolute Gasteiger partial charge is 0.262 e. The number of rotatable bonds is 10. The van der Waals surface area contributed by atoms with Gasteiger partial charge in [-0.25, -0.2) is 0 Å². The van der Waals surface area contributed by atoms with Gasteiger partial charge in [0.15, 0.2) is 5.66 Å². The molecule has 264 valence electrons. The Kier molecular flexibility index (Phi) is 11.5. The largest absolute Gasteiger partial charge is 0.494 e. The zero-order valence-electron chi connectivity index (χ0n) is 29.6. The van der Waals surface area contributed by atoms with Crippen molar-refractivity contribution in [2.45, 2.75) is 57.8 Å². The van der Waals surface area contributed by atoms with Gasteiger partial charge in [-0.2, -0.15) is 0 Å². The van der Waals surface area contributed by atoms with Gasteiger partial charge in [0.05, 0.1) is 31.8 Å². The molecule has 2 N–H and O–H groups in total. The van der Waals surface area contributed by atoms with E-state index in [2.05, 4.69) is 36.3 Å². The number of halogens is 2. The Morgan fingerprint density at radius 3 is 1.76 bits per heavy atom. The lowest BCUT2D eigenvalue weighted by atomic mass is 9.83. The summed E-state index contributed by atoms with van der Waals surface area (Å²) in [4.78, 5) is 33.4. The maximum atomic E-state index is 15.3. The van der Waals surface area contributed by atoms with Crippen molar-refractivity contribution >= 4 is 35.0 Å². The van der Waals surface area contributed by atoms with Crippen molar-refractivity contribution in [3.05, 3.63) is 93.0 Å². The second-order valence-corrected chi connectivity index (χ2v) is 14.8. The summed E-state index contributed by atoms with van der Waals surface area (Å²) in [7, 11) is 3.52. The van der Waals surface area contributed by atoms with E-state index in [0.29, 0.717) is 73.0 Å². The lowest BCUT2D eigenvalue weighted by Gasteiger charge is -2.41. The molecule has 2 heterocycles. The number of carbonyl (C=O) groups is 2. The van der Waals surface area contributed by atoms with Crippen LogP contribution in [0.2, 0.25) is 10.0 Å². The predicted molar refractivity (Wildman–Crippen MR) is 196 cm³/mol. The second-order valence-electron chi connectivity index (χ2n) is 13.9. The first-order valence-corrected chi connectivity index (χ1v) is 17.8. The summed E-state index contributed by atoms with van der Waals surface area (Å²) >= 11 is 12.7. The molecule has 3 aromatic rings. The van der Waals surface area contributed by atoms with Crippen LogP contribution < -0.4 is 20.1 Å². The Bertz CT molecular complexity index is 1560. The van der Waals surface area contributed by atoms with Gasteiger partial charge in [-0.3, -0.25) is 25.1 Å². The SMILES string of the molecule is CCOc1cc(C2(C(=O)N3CCN(CC(=O)N(C)C)CC3)N[C@H](c3ccc(Cl)cc3)[C@H](c3ccc(Cl)cc3)N2)c(OCC)cc1C(C)(C)C. The minimum Gasteiger partial charge on any atom is -0.494 e. The van der Waals surface area contributed by atoms with Crippen molar-refractivity contribution in [2.75, 3.05) is 60.0 Å². The molecule has 0 bridgehead atoms. The van der Waals surface area contributed by atoms with Crippen LogP contribution in [0.1, 0.15) is 69.0 Å². The van der Waals surface area contributed by atoms with E-state index < -0.39 is 5.66 Å². The molecule has 0 aliphatic carbocycles. The maximum absolute atomic E-state index is 15.3. The van der Waals surface area contributed by atoms with Crippen LogP contribution in [0.4, 0.5) is 0 Å². The molecule has 2 aliphatic heterocycles. The van der Waals surface area contributed by atoms with Crippen LogP contribution >= 0.6 is 23.2 Å². The summed E-state index contributed by atoms with van der Waals surface area (Å²) < 4.78 is 12.7. The Hall–Kier alpha value is -3.34. The van der Waals surface area contributed by atoms with E-state index in [9.17, 15) is 4.79 Å². The fourth-order valence-electron chi connectivity index (χ4n) is 6.63. The maximum Gasteiger partial charge on any atom is 0.262 e. The average Bonchev–Trinajstić information content (AvgIpc) is 3.47. The van der Waals surface area contributed by atoms with Crippen molar-refractivity contribution in [1.82, 2.24) is 25.3 Å². The molecule has 3 atom stereocenters. The molecule has 5 rings (SSSR count). The minimum absolute atomic E-state index is 0.0377. The summed E-state index contributed by atoms with van der Waals surface area (Å²) in [6.45, 7) is 13.6. The summed E-state index contributed by atoms with van der Waals surface area (Å²) in [6.07, 6.45) is 0. The molecule has 2 aliphatic rings. The molecule has 0 saturated carbocycles. The van der Waals surface area contributed by atoms with Gasteiger partial charge in [-0.1, -0.05) is 68.2 Å². The molecule has 2 fully saturated rings. The number of carbonyl (C=O) groups excluding carboxylic acids is 2. The monoisotopic (exact) mass is 709 g/mol. The van der Waals surface area contributed by atoms with Crippen molar-refractivity contribution in [2.24, 2.45) is 0 Å². The van der Waals surface area contributed by atoms with Gasteiger partial charge in [0.1, 0.15) is 11.5 Å². The van der Waals surface area contributed by atoms with E-state index >= 15 is 4.79 Å². The lowest BCUT2D eigenvalue weighted by Crippen LogP contribution is -2.62. The van der Waals surface area contributed by atoms with Crippen LogP contribution in [0.5, 0.6) is 11.5 Å². The zero-order chi connectivity index (χ0) is 35.5. The third kappa shape index (κ3) is 8.02. The van der Waals surface area contributed by atoms with Crippen LogP contribution in [0.25, 0.3) is 0 Å². The Morgan fingerprint density at radius 1 is 0.816 bits per heavy atom. The molecule has 0 radical (unpaired) electrons. The highest BCUT2D eigenvalue weighted by Crippen LogP contribution is 2.47. The van der Waals surface area contributed by atoms with E-state index in [0.717, 1.165) is 16.7 Å². The summed E-state index contributed by atoms with van der Waals surface area (Å²) in [5.74, 6) is 1.21. The van der Waals surface area contributed by atoms with Crippen LogP contribution in [0, 0.1) is 0 Å². The fraction of sp³-hybridized carbons (Fsp3) is 0.474. The summed E-state index contributed by atoms with van der Waals surface area (Å²) in [5, 5.41) is 8.88. The van der Waals surface area contributed by atoms with Gasteiger partial charge in [0.2, 0.25) is 5.91 Å². The molecule has 2 saturated heterocycles. The summed E-state index contributed by atoms with van der Waals surface area (Å²) in [6, 6.07) is 18.7. The van der Waals surface area contributed by atoms with Crippen molar-refractivity contribution in [1.29, 1.82) is 0 Å². The normalized spacial score (nSPS) is 21.4. The number of hydrogen-bond acceptors (Lipinski definition) is 7. The molecule has 0 aromatic heterocycles. The number of piperazine rings is 1. The van der Waals surface area contributed by atoms with Gasteiger partial charge in [0.25, 0.3) is 5.91 Å². The highest BCUT2D eigenvalue weighted by Gasteiger charge is 2.55. The summed E-state index contributed by atoms with van der Waals surface area (Å²) in [5.41, 5.74) is 1.91. The second kappa shape index (κ2) is 15.3. The van der Waals surface area contributed by atoms with E-state index in [-0.39, 0.29) is 29.3 Å². The van der Waals surface area contributed by atoms with E-state index in [4.69, 9.17) is 32.7 Å². The number of nitrogens with one attached hydrogen (secondary N) is 2. The minimum atomic E-state index is -1.41. The van der Waals surface area contributed by atoms with Gasteiger partial charge < -0.3 is 19.3 Å². The zero-order valence-corrected chi connectivity index (χ0v) is 31.1. The first-order valence-electron chi connectivity index (χ1n) is 17.0. The number of benzene rings is 3. The fourth-order valence-corrected chi connectivity index (χ4v) is 6.88. The molecule has 1 unspecified atom stereocenters. The van der Waals surface area contributed by atoms with Crippen LogP contribution in [-0.4, -0.2) is 86.5 Å². The molecule has 0 spiro atoms. The quantitative estimate of drug-likeness (QED) is 0.261. The first kappa shape index (κ1) is 36.9. The molecule has 3 aromatic carbocycles. The van der Waals surface area contributed by atoms with E-state index in [1.54, 1.807) is 19.0 Å². The van der Waals surface area contributed by atoms with Gasteiger partial charge in [-0.05, 0) is 66.8 Å². The number of nitrogens with zero attached hydrogens (tertiary/aromatic N) is 3. The van der Waals surface area contributed by atoms with E-state index in [1.807, 2.05) is 79.4 Å². The molecule has 11 heteroatoms. The van der Waals surface area contributed by atoms with Gasteiger partial charge >= 0.3 is 0 Å². The van der Waals surface area contributed by atoms with Crippen molar-refractivity contribution in [3.8, 4) is 11.5 Å². The first-order chi connectivity index (χ1) is 23.3. The van der Waals surface area contributed by atoms with Crippen molar-refractivity contribution in [3.63, 3.8) is 0 Å². The number of hydrogen-bond donors (Lipinski definition) is 2. The van der Waals surface area contributed by atoms with Crippen LogP contribution in [-0.2, 0) is 20.7 Å². The highest BCUT2D eigenvalue weighted by atomic mass is 35.5. The Labute approximate surface area is 300 Å². The predicted octanol–water partition coefficient (Wildman–Crippen LogP) is 6.15. The lowest BCUT2D eigenvalue weighted by molar-refractivity contribution is -0.142. The Morgan fingerprint density at radius 2 is 1.31 bits per heavy atom. The van der Waals surface area contributed by atoms with Gasteiger partial charge in [0, 0.05) is 61.4 Å². The van der Waals surface area contributed by atoms with E-state index in [1.165, 1.54) is 0 Å². The average molecular weight is 711 g/mol. The number of amides is 2. The highest BCUT2D eigenvalue weighted by molar-refractivity contribution is 6.30. The topological polar surface area (TPSA) is 86.4 Å². The Balaban J connectivity index is 1.67. The third-order valence-electron chi connectivity index (χ3n) is 9.27. The van der Waals surface area contributed by atoms with Gasteiger partial charge in [-0.15, -0.1) is 0 Å². The molecule has 9 nitrogen and oxygen atoms in total. The molecular weight excluding hydrogens is 661 g/mol. The third-order valence-corrected chi connectivity index (χ3v) is 9.77. The molecule has 49 heavy (non-hydrogen) atoms. The van der Waals surface area contributed by atoms with Crippen LogP contribution in [0.15, 0.2) is 60.7 Å². The number of ether oxygens (including phenoxy) is 2. The standard InChI is InChI=1S/C38H49Cl2N5O4/c1-8-48-31-23-30(32(49-9-2)22-29(31)37(3,4)5)38(36(47)45-20-18-44(19-21-45)24-33(46)43(6)7)41-34(25-10-14-27(39)15-11-25)35(42-38)26-12-16-28(40)17-13-26/h10-17,22-23,34-35,41-42H,8-9,18-21,24H2,1-7H3/t34-,35+,38?. The molecular formula is C38H49Cl2N5O4. The van der Waals surface area contributed by atoms with Crippen molar-refractivity contribution < 1.29 is 19.1 Å². The number of likely N-dealkylation sites (N-methyl/N-ethyl adjacent to an activating group) is 1.